The average molecular weight is 351 g/mol. The number of hydrogen-bond acceptors (Lipinski definition) is 5. The number of rotatable bonds is 5. The van der Waals surface area contributed by atoms with Crippen LogP contribution in [-0.2, 0) is 20.4 Å². The largest absolute Gasteiger partial charge is 0.497 e. The van der Waals surface area contributed by atoms with Crippen LogP contribution in [0.3, 0.4) is 0 Å². The lowest BCUT2D eigenvalue weighted by atomic mass is 10.3. The van der Waals surface area contributed by atoms with Gasteiger partial charge in [-0.05, 0) is 12.1 Å². The van der Waals surface area contributed by atoms with Crippen LogP contribution in [0.5, 0.6) is 5.75 Å². The molecule has 0 saturated heterocycles. The van der Waals surface area contributed by atoms with E-state index in [1.54, 1.807) is 24.3 Å². The molecule has 114 valence electrons. The van der Waals surface area contributed by atoms with Crippen LogP contribution in [0.4, 0.5) is 0 Å². The molecule has 0 fully saturated rings. The van der Waals surface area contributed by atoms with Crippen molar-refractivity contribution in [2.24, 2.45) is 0 Å². The molecule has 1 aromatic carbocycles. The van der Waals surface area contributed by atoms with E-state index in [0.717, 1.165) is 0 Å². The van der Waals surface area contributed by atoms with E-state index in [2.05, 4.69) is 5.10 Å². The van der Waals surface area contributed by atoms with Crippen molar-refractivity contribution in [3.05, 3.63) is 35.1 Å². The van der Waals surface area contributed by atoms with Crippen LogP contribution < -0.4 is 4.74 Å². The summed E-state index contributed by atoms with van der Waals surface area (Å²) >= 11 is 6.12. The maximum Gasteiger partial charge on any atom is 0.266 e. The number of methoxy groups -OCH3 is 2. The summed E-state index contributed by atoms with van der Waals surface area (Å²) in [6, 6.07) is 6.86. The molecule has 1 heterocycles. The van der Waals surface area contributed by atoms with E-state index < -0.39 is 9.05 Å². The Hall–Kier alpha value is -1.28. The highest BCUT2D eigenvalue weighted by Crippen LogP contribution is 2.31. The number of ether oxygens (including phenoxy) is 2. The minimum absolute atomic E-state index is 0.0298. The maximum atomic E-state index is 11.7. The van der Waals surface area contributed by atoms with Crippen molar-refractivity contribution in [2.75, 3.05) is 14.2 Å². The van der Waals surface area contributed by atoms with Crippen molar-refractivity contribution in [2.45, 2.75) is 11.5 Å². The predicted octanol–water partition coefficient (Wildman–Crippen LogP) is 2.61. The van der Waals surface area contributed by atoms with Gasteiger partial charge in [0.1, 0.15) is 16.3 Å². The van der Waals surface area contributed by atoms with Crippen LogP contribution in [0, 0.1) is 0 Å². The van der Waals surface area contributed by atoms with Gasteiger partial charge in [0.05, 0.1) is 19.4 Å². The first-order chi connectivity index (χ1) is 9.88. The summed E-state index contributed by atoms with van der Waals surface area (Å²) in [5.41, 5.74) is 0.684. The summed E-state index contributed by atoms with van der Waals surface area (Å²) in [7, 11) is 4.32. The average Bonchev–Trinajstić information content (AvgIpc) is 2.76. The van der Waals surface area contributed by atoms with Gasteiger partial charge in [0.25, 0.3) is 9.05 Å². The van der Waals surface area contributed by atoms with E-state index in [-0.39, 0.29) is 22.3 Å². The molecule has 2 rings (SSSR count). The molecule has 0 N–H and O–H groups in total. The molecule has 0 spiro atoms. The SMILES string of the molecule is COCc1nn(-c2cccc(OC)c2)c(Cl)c1S(=O)(=O)Cl. The molecule has 0 amide bonds. The van der Waals surface area contributed by atoms with Gasteiger partial charge in [-0.25, -0.2) is 13.1 Å². The molecule has 9 heteroatoms. The fourth-order valence-electron chi connectivity index (χ4n) is 1.81. The maximum absolute atomic E-state index is 11.7. The number of halogens is 2. The van der Waals surface area contributed by atoms with E-state index in [4.69, 9.17) is 31.8 Å². The molecule has 0 saturated carbocycles. The lowest BCUT2D eigenvalue weighted by Gasteiger charge is -2.05. The molecule has 2 aromatic rings. The van der Waals surface area contributed by atoms with Crippen molar-refractivity contribution in [1.82, 2.24) is 9.78 Å². The lowest BCUT2D eigenvalue weighted by Crippen LogP contribution is -1.98. The molecule has 6 nitrogen and oxygen atoms in total. The molecule has 0 radical (unpaired) electrons. The van der Waals surface area contributed by atoms with Gasteiger partial charge in [-0.1, -0.05) is 17.7 Å². The summed E-state index contributed by atoms with van der Waals surface area (Å²) in [4.78, 5) is -0.254. The van der Waals surface area contributed by atoms with Gasteiger partial charge in [-0.15, -0.1) is 0 Å². The van der Waals surface area contributed by atoms with Crippen molar-refractivity contribution in [1.29, 1.82) is 0 Å². The Bertz CT molecular complexity index is 759. The zero-order valence-electron chi connectivity index (χ0n) is 11.2. The Labute approximate surface area is 131 Å². The second kappa shape index (κ2) is 6.23. The molecule has 21 heavy (non-hydrogen) atoms. The van der Waals surface area contributed by atoms with Gasteiger partial charge in [0, 0.05) is 23.9 Å². The molecule has 1 aromatic heterocycles. The topological polar surface area (TPSA) is 70.4 Å². The number of aromatic nitrogens is 2. The van der Waals surface area contributed by atoms with Crippen molar-refractivity contribution in [3.63, 3.8) is 0 Å². The zero-order chi connectivity index (χ0) is 15.6. The smallest absolute Gasteiger partial charge is 0.266 e. The minimum Gasteiger partial charge on any atom is -0.497 e. The molecule has 0 bridgehead atoms. The fourth-order valence-corrected chi connectivity index (χ4v) is 3.63. The Kier molecular flexibility index (Phi) is 4.77. The monoisotopic (exact) mass is 350 g/mol. The minimum atomic E-state index is -4.04. The van der Waals surface area contributed by atoms with Crippen molar-refractivity contribution in [3.8, 4) is 11.4 Å². The molecule has 0 unspecified atom stereocenters. The first kappa shape index (κ1) is 16.1. The summed E-state index contributed by atoms with van der Waals surface area (Å²) in [6.07, 6.45) is 0. The summed E-state index contributed by atoms with van der Waals surface area (Å²) in [5.74, 6) is 0.586. The Morgan fingerprint density at radius 1 is 1.33 bits per heavy atom. The first-order valence-corrected chi connectivity index (χ1v) is 8.42. The Morgan fingerprint density at radius 3 is 2.62 bits per heavy atom. The third-order valence-corrected chi connectivity index (χ3v) is 4.52. The van der Waals surface area contributed by atoms with Gasteiger partial charge < -0.3 is 9.47 Å². The normalized spacial score (nSPS) is 11.6. The van der Waals surface area contributed by atoms with Crippen LogP contribution in [0.1, 0.15) is 5.69 Å². The number of hydrogen-bond donors (Lipinski definition) is 0. The van der Waals surface area contributed by atoms with Crippen LogP contribution in [0.2, 0.25) is 5.15 Å². The molecule has 0 atom stereocenters. The Balaban J connectivity index is 2.65. The van der Waals surface area contributed by atoms with Crippen molar-refractivity contribution >= 4 is 31.3 Å². The van der Waals surface area contributed by atoms with Gasteiger partial charge in [0.15, 0.2) is 5.15 Å². The number of benzene rings is 1. The van der Waals surface area contributed by atoms with E-state index in [0.29, 0.717) is 11.4 Å². The standard InChI is InChI=1S/C12H12Cl2N2O4S/c1-19-7-10-11(21(14,17)18)12(13)16(15-10)8-4-3-5-9(6-8)20-2/h3-6H,7H2,1-2H3. The highest BCUT2D eigenvalue weighted by Gasteiger charge is 2.27. The van der Waals surface area contributed by atoms with E-state index >= 15 is 0 Å². The highest BCUT2D eigenvalue weighted by atomic mass is 35.7. The van der Waals surface area contributed by atoms with Gasteiger partial charge in [-0.2, -0.15) is 5.10 Å². The third kappa shape index (κ3) is 3.32. The molecular formula is C12H12Cl2N2O4S. The second-order valence-electron chi connectivity index (χ2n) is 4.05. The number of nitrogens with zero attached hydrogens (tertiary/aromatic N) is 2. The highest BCUT2D eigenvalue weighted by molar-refractivity contribution is 8.13. The first-order valence-electron chi connectivity index (χ1n) is 5.74. The second-order valence-corrected chi connectivity index (χ2v) is 6.91. The fraction of sp³-hybridized carbons (Fsp3) is 0.250. The predicted molar refractivity (Wildman–Crippen MR) is 78.9 cm³/mol. The summed E-state index contributed by atoms with van der Waals surface area (Å²) in [5, 5.41) is 4.05. The van der Waals surface area contributed by atoms with Crippen LogP contribution >= 0.6 is 22.3 Å². The van der Waals surface area contributed by atoms with E-state index in [9.17, 15) is 8.42 Å². The van der Waals surface area contributed by atoms with Gasteiger partial charge >= 0.3 is 0 Å². The van der Waals surface area contributed by atoms with Crippen LogP contribution in [-0.4, -0.2) is 32.4 Å². The molecule has 0 aliphatic heterocycles. The summed E-state index contributed by atoms with van der Waals surface area (Å²) in [6.45, 7) is -0.0298. The van der Waals surface area contributed by atoms with Crippen molar-refractivity contribution < 1.29 is 17.9 Å². The van der Waals surface area contributed by atoms with Gasteiger partial charge in [-0.3, -0.25) is 0 Å². The molecular weight excluding hydrogens is 339 g/mol. The Morgan fingerprint density at radius 2 is 2.05 bits per heavy atom. The van der Waals surface area contributed by atoms with Crippen LogP contribution in [0.15, 0.2) is 29.2 Å². The van der Waals surface area contributed by atoms with Gasteiger partial charge in [0.2, 0.25) is 0 Å². The molecule has 0 aliphatic rings. The summed E-state index contributed by atoms with van der Waals surface area (Å²) < 4.78 is 34.6. The van der Waals surface area contributed by atoms with E-state index in [1.807, 2.05) is 0 Å². The lowest BCUT2D eigenvalue weighted by molar-refractivity contribution is 0.179. The molecule has 0 aliphatic carbocycles. The quantitative estimate of drug-likeness (QED) is 0.775. The van der Waals surface area contributed by atoms with E-state index in [1.165, 1.54) is 18.9 Å². The van der Waals surface area contributed by atoms with Crippen LogP contribution in [0.25, 0.3) is 5.69 Å². The zero-order valence-corrected chi connectivity index (χ0v) is 13.5. The third-order valence-electron chi connectivity index (χ3n) is 2.68.